The third-order valence-electron chi connectivity index (χ3n) is 3.26. The lowest BCUT2D eigenvalue weighted by Crippen LogP contribution is -2.41. The number of hydroxylamine groups is 1. The molecule has 3 nitrogen and oxygen atoms in total. The van der Waals surface area contributed by atoms with Crippen molar-refractivity contribution in [2.24, 2.45) is 5.92 Å². The molecule has 0 amide bonds. The minimum Gasteiger partial charge on any atom is -0.316 e. The first-order chi connectivity index (χ1) is 6.38. The van der Waals surface area contributed by atoms with Crippen LogP contribution in [0.5, 0.6) is 0 Å². The van der Waals surface area contributed by atoms with Crippen molar-refractivity contribution in [3.63, 3.8) is 0 Å². The van der Waals surface area contributed by atoms with Crippen LogP contribution >= 0.6 is 12.4 Å². The summed E-state index contributed by atoms with van der Waals surface area (Å²) in [6.45, 7) is 2.16. The Kier molecular flexibility index (Phi) is 2.73. The van der Waals surface area contributed by atoms with Crippen molar-refractivity contribution in [3.8, 4) is 0 Å². The second-order valence-electron chi connectivity index (χ2n) is 4.39. The van der Waals surface area contributed by atoms with Crippen molar-refractivity contribution in [1.29, 1.82) is 0 Å². The van der Waals surface area contributed by atoms with E-state index in [0.717, 1.165) is 31.8 Å². The molecule has 0 radical (unpaired) electrons. The molecule has 2 heterocycles. The first-order valence-electron chi connectivity index (χ1n) is 5.25. The van der Waals surface area contributed by atoms with Crippen molar-refractivity contribution in [2.75, 3.05) is 13.1 Å². The van der Waals surface area contributed by atoms with Gasteiger partial charge in [-0.1, -0.05) is 0 Å². The molecular formula is C10H17ClN2O. The molecule has 3 aliphatic rings. The molecule has 0 aromatic carbocycles. The Bertz CT molecular complexity index is 245. The van der Waals surface area contributed by atoms with Crippen molar-refractivity contribution in [2.45, 2.75) is 31.3 Å². The zero-order chi connectivity index (χ0) is 8.73. The highest BCUT2D eigenvalue weighted by molar-refractivity contribution is 5.85. The lowest BCUT2D eigenvalue weighted by molar-refractivity contribution is -0.0577. The zero-order valence-corrected chi connectivity index (χ0v) is 9.03. The Morgan fingerprint density at radius 3 is 2.64 bits per heavy atom. The molecule has 0 bridgehead atoms. The molecule has 80 valence electrons. The SMILES string of the molecule is C1=C(C2CC2)NOC12CCNCC2.Cl. The Morgan fingerprint density at radius 2 is 2.00 bits per heavy atom. The van der Waals surface area contributed by atoms with Gasteiger partial charge in [0.2, 0.25) is 0 Å². The molecular weight excluding hydrogens is 200 g/mol. The third-order valence-corrected chi connectivity index (χ3v) is 3.26. The summed E-state index contributed by atoms with van der Waals surface area (Å²) in [5, 5.41) is 3.36. The molecule has 1 aliphatic carbocycles. The molecule has 1 spiro atoms. The number of hydrogen-bond donors (Lipinski definition) is 2. The van der Waals surface area contributed by atoms with E-state index in [1.165, 1.54) is 18.5 Å². The van der Waals surface area contributed by atoms with Crippen LogP contribution in [-0.2, 0) is 4.84 Å². The lowest BCUT2D eigenvalue weighted by Gasteiger charge is -2.29. The van der Waals surface area contributed by atoms with Crippen LogP contribution in [0.3, 0.4) is 0 Å². The maximum absolute atomic E-state index is 5.71. The zero-order valence-electron chi connectivity index (χ0n) is 8.21. The molecule has 0 aromatic heterocycles. The van der Waals surface area contributed by atoms with Crippen molar-refractivity contribution < 1.29 is 4.84 Å². The van der Waals surface area contributed by atoms with E-state index >= 15 is 0 Å². The van der Waals surface area contributed by atoms with E-state index in [2.05, 4.69) is 16.9 Å². The smallest absolute Gasteiger partial charge is 0.118 e. The second-order valence-corrected chi connectivity index (χ2v) is 4.39. The molecule has 14 heavy (non-hydrogen) atoms. The van der Waals surface area contributed by atoms with E-state index in [-0.39, 0.29) is 18.0 Å². The number of halogens is 1. The van der Waals surface area contributed by atoms with Gasteiger partial charge in [-0.05, 0) is 44.8 Å². The quantitative estimate of drug-likeness (QED) is 0.695. The van der Waals surface area contributed by atoms with E-state index in [0.29, 0.717) is 0 Å². The van der Waals surface area contributed by atoms with Gasteiger partial charge in [0, 0.05) is 11.6 Å². The van der Waals surface area contributed by atoms with Crippen molar-refractivity contribution in [1.82, 2.24) is 10.8 Å². The minimum absolute atomic E-state index is 0. The average molecular weight is 217 g/mol. The van der Waals surface area contributed by atoms with Crippen LogP contribution in [0.15, 0.2) is 11.8 Å². The summed E-state index contributed by atoms with van der Waals surface area (Å²) >= 11 is 0. The maximum atomic E-state index is 5.71. The Balaban J connectivity index is 0.000000750. The summed E-state index contributed by atoms with van der Waals surface area (Å²) in [5.74, 6) is 0.786. The normalized spacial score (nSPS) is 29.3. The second kappa shape index (κ2) is 3.72. The van der Waals surface area contributed by atoms with Crippen molar-refractivity contribution in [3.05, 3.63) is 11.8 Å². The van der Waals surface area contributed by atoms with E-state index in [1.54, 1.807) is 0 Å². The summed E-state index contributed by atoms with van der Waals surface area (Å²) in [6.07, 6.45) is 7.24. The van der Waals surface area contributed by atoms with Crippen LogP contribution in [-0.4, -0.2) is 18.7 Å². The first-order valence-corrected chi connectivity index (χ1v) is 5.25. The highest BCUT2D eigenvalue weighted by atomic mass is 35.5. The number of nitrogens with one attached hydrogen (secondary N) is 2. The van der Waals surface area contributed by atoms with Crippen LogP contribution in [0.25, 0.3) is 0 Å². The maximum Gasteiger partial charge on any atom is 0.118 e. The molecule has 0 atom stereocenters. The number of hydrogen-bond acceptors (Lipinski definition) is 3. The molecule has 2 aliphatic heterocycles. The summed E-state index contributed by atoms with van der Waals surface area (Å²) in [4.78, 5) is 5.71. The van der Waals surface area contributed by atoms with Crippen LogP contribution in [0.2, 0.25) is 0 Å². The van der Waals surface area contributed by atoms with Gasteiger partial charge in [0.15, 0.2) is 0 Å². The summed E-state index contributed by atoms with van der Waals surface area (Å²) in [5.41, 5.74) is 4.49. The lowest BCUT2D eigenvalue weighted by atomic mass is 9.91. The summed E-state index contributed by atoms with van der Waals surface area (Å²) in [7, 11) is 0. The fraction of sp³-hybridized carbons (Fsp3) is 0.800. The number of rotatable bonds is 1. The van der Waals surface area contributed by atoms with Crippen LogP contribution in [0, 0.1) is 5.92 Å². The Hall–Kier alpha value is -0.250. The van der Waals surface area contributed by atoms with Gasteiger partial charge in [-0.25, -0.2) is 0 Å². The van der Waals surface area contributed by atoms with Crippen LogP contribution in [0.1, 0.15) is 25.7 Å². The highest BCUT2D eigenvalue weighted by Gasteiger charge is 2.40. The highest BCUT2D eigenvalue weighted by Crippen LogP contribution is 2.40. The van der Waals surface area contributed by atoms with Gasteiger partial charge in [-0.15, -0.1) is 12.4 Å². The molecule has 4 heteroatoms. The number of piperidine rings is 1. The number of allylic oxidation sites excluding steroid dienone is 1. The molecule has 1 saturated carbocycles. The standard InChI is InChI=1S/C10H16N2O.ClH/c1-2-8(1)9-7-10(13-12-9)3-5-11-6-4-10;/h7-8,11-12H,1-6H2;1H. The fourth-order valence-electron chi connectivity index (χ4n) is 2.19. The van der Waals surface area contributed by atoms with Gasteiger partial charge >= 0.3 is 0 Å². The molecule has 1 saturated heterocycles. The van der Waals surface area contributed by atoms with Gasteiger partial charge in [0.05, 0.1) is 0 Å². The van der Waals surface area contributed by atoms with E-state index in [1.807, 2.05) is 0 Å². The van der Waals surface area contributed by atoms with Gasteiger partial charge < -0.3 is 5.32 Å². The third kappa shape index (κ3) is 1.76. The van der Waals surface area contributed by atoms with Gasteiger partial charge in [0.1, 0.15) is 5.60 Å². The Labute approximate surface area is 90.6 Å². The molecule has 3 rings (SSSR count). The van der Waals surface area contributed by atoms with E-state index in [9.17, 15) is 0 Å². The fourth-order valence-corrected chi connectivity index (χ4v) is 2.19. The van der Waals surface area contributed by atoms with Gasteiger partial charge in [-0.3, -0.25) is 10.3 Å². The van der Waals surface area contributed by atoms with Crippen LogP contribution in [0.4, 0.5) is 0 Å². The van der Waals surface area contributed by atoms with E-state index < -0.39 is 0 Å². The van der Waals surface area contributed by atoms with Crippen LogP contribution < -0.4 is 10.8 Å². The van der Waals surface area contributed by atoms with E-state index in [4.69, 9.17) is 4.84 Å². The van der Waals surface area contributed by atoms with Gasteiger partial charge in [0.25, 0.3) is 0 Å². The molecule has 0 unspecified atom stereocenters. The topological polar surface area (TPSA) is 33.3 Å². The first kappa shape index (κ1) is 10.3. The Morgan fingerprint density at radius 1 is 1.29 bits per heavy atom. The average Bonchev–Trinajstić information content (AvgIpc) is 2.93. The summed E-state index contributed by atoms with van der Waals surface area (Å²) < 4.78 is 0. The molecule has 0 aromatic rings. The molecule has 2 N–H and O–H groups in total. The molecule has 2 fully saturated rings. The summed E-state index contributed by atoms with van der Waals surface area (Å²) in [6, 6.07) is 0. The predicted molar refractivity (Wildman–Crippen MR) is 57.1 cm³/mol. The van der Waals surface area contributed by atoms with Crippen molar-refractivity contribution >= 4 is 12.4 Å². The minimum atomic E-state index is 0. The van der Waals surface area contributed by atoms with Gasteiger partial charge in [-0.2, -0.15) is 0 Å². The predicted octanol–water partition coefficient (Wildman–Crippen LogP) is 1.36. The monoisotopic (exact) mass is 216 g/mol. The largest absolute Gasteiger partial charge is 0.316 e.